The van der Waals surface area contributed by atoms with Crippen molar-refractivity contribution in [2.24, 2.45) is 0 Å². The zero-order valence-corrected chi connectivity index (χ0v) is 12.0. The van der Waals surface area contributed by atoms with Crippen LogP contribution in [0.15, 0.2) is 12.3 Å². The van der Waals surface area contributed by atoms with Crippen LogP contribution in [0.1, 0.15) is 24.0 Å². The van der Waals surface area contributed by atoms with E-state index in [2.05, 4.69) is 38.8 Å². The molecule has 1 fully saturated rings. The molecule has 0 aliphatic heterocycles. The van der Waals surface area contributed by atoms with Gasteiger partial charge in [0.25, 0.3) is 0 Å². The number of aromatic nitrogens is 1. The lowest BCUT2D eigenvalue weighted by atomic mass is 10.2. The summed E-state index contributed by atoms with van der Waals surface area (Å²) < 4.78 is 5.18. The summed E-state index contributed by atoms with van der Waals surface area (Å²) in [6.07, 6.45) is 4.52. The van der Waals surface area contributed by atoms with Crippen molar-refractivity contribution in [1.82, 2.24) is 4.98 Å². The van der Waals surface area contributed by atoms with E-state index in [1.807, 2.05) is 6.20 Å². The van der Waals surface area contributed by atoms with Crippen molar-refractivity contribution in [3.05, 3.63) is 23.4 Å². The van der Waals surface area contributed by atoms with E-state index in [1.54, 1.807) is 7.11 Å². The van der Waals surface area contributed by atoms with Crippen molar-refractivity contribution in [2.45, 2.75) is 31.1 Å². The van der Waals surface area contributed by atoms with Crippen LogP contribution in [0, 0.1) is 6.92 Å². The van der Waals surface area contributed by atoms with Crippen LogP contribution in [0.5, 0.6) is 0 Å². The normalized spacial score (nSPS) is 15.0. The molecule has 0 spiro atoms. The molecule has 0 unspecified atom stereocenters. The number of alkyl halides is 1. The predicted octanol–water partition coefficient (Wildman–Crippen LogP) is 2.90. The molecule has 3 nitrogen and oxygen atoms in total. The zero-order valence-electron chi connectivity index (χ0n) is 10.4. The summed E-state index contributed by atoms with van der Waals surface area (Å²) in [4.78, 5) is 6.99. The van der Waals surface area contributed by atoms with E-state index in [-0.39, 0.29) is 0 Å². The number of hydrogen-bond acceptors (Lipinski definition) is 3. The molecule has 0 saturated heterocycles. The van der Waals surface area contributed by atoms with Crippen LogP contribution in [0.2, 0.25) is 0 Å². The maximum Gasteiger partial charge on any atom is 0.131 e. The lowest BCUT2D eigenvalue weighted by Crippen LogP contribution is -2.30. The van der Waals surface area contributed by atoms with Crippen molar-refractivity contribution in [2.75, 3.05) is 25.2 Å². The molecule has 4 heteroatoms. The van der Waals surface area contributed by atoms with E-state index in [1.165, 1.54) is 24.0 Å². The van der Waals surface area contributed by atoms with Gasteiger partial charge in [0, 0.05) is 31.2 Å². The van der Waals surface area contributed by atoms with E-state index in [9.17, 15) is 0 Å². The summed E-state index contributed by atoms with van der Waals surface area (Å²) in [6.45, 7) is 3.83. The van der Waals surface area contributed by atoms with E-state index in [4.69, 9.17) is 4.74 Å². The quantitative estimate of drug-likeness (QED) is 0.755. The highest BCUT2D eigenvalue weighted by molar-refractivity contribution is 9.08. The van der Waals surface area contributed by atoms with Gasteiger partial charge in [-0.15, -0.1) is 0 Å². The Bertz CT molecular complexity index is 380. The number of halogens is 1. The average molecular weight is 299 g/mol. The number of aryl methyl sites for hydroxylation is 1. The summed E-state index contributed by atoms with van der Waals surface area (Å²) in [6, 6.07) is 2.88. The monoisotopic (exact) mass is 298 g/mol. The van der Waals surface area contributed by atoms with Crippen LogP contribution in [-0.2, 0) is 10.1 Å². The largest absolute Gasteiger partial charge is 0.383 e. The van der Waals surface area contributed by atoms with Gasteiger partial charge in [0.05, 0.1) is 6.61 Å². The van der Waals surface area contributed by atoms with Gasteiger partial charge in [-0.1, -0.05) is 22.0 Å². The third-order valence-corrected chi connectivity index (χ3v) is 3.71. The molecule has 0 aromatic carbocycles. The molecule has 1 aliphatic rings. The van der Waals surface area contributed by atoms with Crippen LogP contribution in [0.3, 0.4) is 0 Å². The van der Waals surface area contributed by atoms with Gasteiger partial charge in [-0.25, -0.2) is 4.98 Å². The molecule has 1 heterocycles. The van der Waals surface area contributed by atoms with E-state index >= 15 is 0 Å². The molecule has 17 heavy (non-hydrogen) atoms. The Morgan fingerprint density at radius 3 is 2.82 bits per heavy atom. The fourth-order valence-corrected chi connectivity index (χ4v) is 2.34. The van der Waals surface area contributed by atoms with Gasteiger partial charge >= 0.3 is 0 Å². The fourth-order valence-electron chi connectivity index (χ4n) is 2.04. The number of anilines is 1. The third kappa shape index (κ3) is 3.19. The minimum absolute atomic E-state index is 0.672. The van der Waals surface area contributed by atoms with Crippen LogP contribution >= 0.6 is 15.9 Å². The summed E-state index contributed by atoms with van der Waals surface area (Å²) in [5.74, 6) is 1.12. The predicted molar refractivity (Wildman–Crippen MR) is 73.8 cm³/mol. The number of ether oxygens (including phenoxy) is 1. The second kappa shape index (κ2) is 5.83. The molecule has 0 amide bonds. The highest BCUT2D eigenvalue weighted by Gasteiger charge is 2.30. The first kappa shape index (κ1) is 12.8. The van der Waals surface area contributed by atoms with E-state index in [0.29, 0.717) is 6.04 Å². The Hall–Kier alpha value is -0.610. The molecule has 1 aliphatic carbocycles. The van der Waals surface area contributed by atoms with Gasteiger partial charge in [0.15, 0.2) is 0 Å². The van der Waals surface area contributed by atoms with E-state index < -0.39 is 0 Å². The Kier molecular flexibility index (Phi) is 4.40. The third-order valence-electron chi connectivity index (χ3n) is 3.06. The van der Waals surface area contributed by atoms with Crippen LogP contribution in [-0.4, -0.2) is 31.3 Å². The van der Waals surface area contributed by atoms with Crippen molar-refractivity contribution >= 4 is 21.7 Å². The fraction of sp³-hybridized carbons (Fsp3) is 0.615. The molecule has 0 N–H and O–H groups in total. The van der Waals surface area contributed by atoms with Crippen LogP contribution < -0.4 is 4.90 Å². The first-order chi connectivity index (χ1) is 8.26. The standard InChI is InChI=1S/C13H19BrN2O/c1-10-7-11(8-14)9-15-13(10)16(5-6-17-2)12-3-4-12/h7,9,12H,3-6,8H2,1-2H3. The van der Waals surface area contributed by atoms with Crippen molar-refractivity contribution < 1.29 is 4.74 Å². The topological polar surface area (TPSA) is 25.4 Å². The number of hydrogen-bond donors (Lipinski definition) is 0. The highest BCUT2D eigenvalue weighted by Crippen LogP contribution is 2.32. The number of rotatable bonds is 6. The number of nitrogens with zero attached hydrogens (tertiary/aromatic N) is 2. The maximum atomic E-state index is 5.18. The molecule has 1 aromatic heterocycles. The molecule has 1 aromatic rings. The molecule has 0 radical (unpaired) electrons. The summed E-state index contributed by atoms with van der Waals surface area (Å²) in [5.41, 5.74) is 2.48. The lowest BCUT2D eigenvalue weighted by Gasteiger charge is -2.25. The minimum atomic E-state index is 0.672. The van der Waals surface area contributed by atoms with Crippen LogP contribution in [0.4, 0.5) is 5.82 Å². The second-order valence-corrected chi connectivity index (χ2v) is 5.10. The summed E-state index contributed by atoms with van der Waals surface area (Å²) >= 11 is 3.46. The average Bonchev–Trinajstić information content (AvgIpc) is 3.15. The van der Waals surface area contributed by atoms with Gasteiger partial charge in [-0.05, 0) is 30.9 Å². The minimum Gasteiger partial charge on any atom is -0.383 e. The molecular weight excluding hydrogens is 280 g/mol. The van der Waals surface area contributed by atoms with Gasteiger partial charge in [-0.2, -0.15) is 0 Å². The molecule has 2 rings (SSSR count). The van der Waals surface area contributed by atoms with Crippen molar-refractivity contribution in [1.29, 1.82) is 0 Å². The molecule has 94 valence electrons. The number of methoxy groups -OCH3 is 1. The SMILES string of the molecule is COCCN(c1ncc(CBr)cc1C)C1CC1. The summed E-state index contributed by atoms with van der Waals surface area (Å²) in [7, 11) is 1.75. The van der Waals surface area contributed by atoms with E-state index in [0.717, 1.165) is 24.3 Å². The smallest absolute Gasteiger partial charge is 0.131 e. The van der Waals surface area contributed by atoms with Crippen molar-refractivity contribution in [3.63, 3.8) is 0 Å². The van der Waals surface area contributed by atoms with Crippen LogP contribution in [0.25, 0.3) is 0 Å². The first-order valence-corrected chi connectivity index (χ1v) is 7.15. The van der Waals surface area contributed by atoms with Gasteiger partial charge in [0.2, 0.25) is 0 Å². The Balaban J connectivity index is 2.16. The molecule has 1 saturated carbocycles. The summed E-state index contributed by atoms with van der Waals surface area (Å²) in [5, 5.41) is 0.864. The van der Waals surface area contributed by atoms with Crippen molar-refractivity contribution in [3.8, 4) is 0 Å². The first-order valence-electron chi connectivity index (χ1n) is 6.03. The molecular formula is C13H19BrN2O. The highest BCUT2D eigenvalue weighted by atomic mass is 79.9. The Morgan fingerprint density at radius 2 is 2.29 bits per heavy atom. The van der Waals surface area contributed by atoms with Gasteiger partial charge in [-0.3, -0.25) is 0 Å². The Labute approximate surface area is 111 Å². The van der Waals surface area contributed by atoms with Gasteiger partial charge < -0.3 is 9.64 Å². The molecule has 0 bridgehead atoms. The Morgan fingerprint density at radius 1 is 1.53 bits per heavy atom. The maximum absolute atomic E-state index is 5.18. The number of pyridine rings is 1. The van der Waals surface area contributed by atoms with Gasteiger partial charge in [0.1, 0.15) is 5.82 Å². The zero-order chi connectivity index (χ0) is 12.3. The molecule has 0 atom stereocenters. The lowest BCUT2D eigenvalue weighted by molar-refractivity contribution is 0.204. The second-order valence-electron chi connectivity index (χ2n) is 4.54.